The monoisotopic (exact) mass is 349 g/mol. The summed E-state index contributed by atoms with van der Waals surface area (Å²) in [6.45, 7) is 4.42. The second kappa shape index (κ2) is 8.43. The maximum absolute atomic E-state index is 12.5. The van der Waals surface area contributed by atoms with Crippen LogP contribution in [-0.2, 0) is 4.79 Å². The van der Waals surface area contributed by atoms with Crippen molar-refractivity contribution in [1.82, 2.24) is 14.8 Å². The molecule has 0 spiro atoms. The Labute approximate surface area is 154 Å². The highest BCUT2D eigenvalue weighted by atomic mass is 16.2. The first kappa shape index (κ1) is 17.9. The van der Waals surface area contributed by atoms with Gasteiger partial charge in [0.05, 0.1) is 5.56 Å². The average Bonchev–Trinajstić information content (AvgIpc) is 2.93. The number of carbonyl (C=O) groups is 2. The maximum Gasteiger partial charge on any atom is 0.255 e. The summed E-state index contributed by atoms with van der Waals surface area (Å²) in [6.07, 6.45) is 7.50. The zero-order chi connectivity index (χ0) is 18.4. The predicted octanol–water partition coefficient (Wildman–Crippen LogP) is 2.78. The molecule has 0 aliphatic carbocycles. The van der Waals surface area contributed by atoms with Crippen LogP contribution in [0.25, 0.3) is 6.08 Å². The number of rotatable bonds is 3. The number of carbonyl (C=O) groups excluding carboxylic acids is 2. The number of benzene rings is 1. The maximum atomic E-state index is 12.5. The molecule has 5 nitrogen and oxygen atoms in total. The third-order valence-corrected chi connectivity index (χ3v) is 4.60. The van der Waals surface area contributed by atoms with Gasteiger partial charge in [0.1, 0.15) is 0 Å². The van der Waals surface area contributed by atoms with Crippen LogP contribution in [0.1, 0.15) is 27.9 Å². The van der Waals surface area contributed by atoms with E-state index in [-0.39, 0.29) is 11.8 Å². The van der Waals surface area contributed by atoms with Crippen LogP contribution in [0.5, 0.6) is 0 Å². The second-order valence-corrected chi connectivity index (χ2v) is 6.40. The van der Waals surface area contributed by atoms with Gasteiger partial charge < -0.3 is 9.80 Å². The van der Waals surface area contributed by atoms with Crippen LogP contribution in [0.2, 0.25) is 0 Å². The first-order valence-corrected chi connectivity index (χ1v) is 8.87. The lowest BCUT2D eigenvalue weighted by atomic mass is 10.1. The first-order chi connectivity index (χ1) is 12.6. The molecule has 0 saturated carbocycles. The van der Waals surface area contributed by atoms with Gasteiger partial charge in [-0.25, -0.2) is 0 Å². The molecule has 1 saturated heterocycles. The van der Waals surface area contributed by atoms with E-state index in [1.54, 1.807) is 35.5 Å². The molecular weight excluding hydrogens is 326 g/mol. The van der Waals surface area contributed by atoms with Crippen LogP contribution in [0.15, 0.2) is 54.9 Å². The van der Waals surface area contributed by atoms with Crippen LogP contribution in [-0.4, -0.2) is 52.8 Å². The Balaban J connectivity index is 1.60. The van der Waals surface area contributed by atoms with Crippen molar-refractivity contribution in [3.8, 4) is 0 Å². The van der Waals surface area contributed by atoms with Crippen LogP contribution in [0, 0.1) is 6.92 Å². The molecular formula is C21H23N3O2. The minimum Gasteiger partial charge on any atom is -0.337 e. The van der Waals surface area contributed by atoms with Crippen molar-refractivity contribution in [3.05, 3.63) is 71.6 Å². The minimum atomic E-state index is -0.0251. The number of hydrogen-bond donors (Lipinski definition) is 0. The number of nitrogens with zero attached hydrogens (tertiary/aromatic N) is 3. The van der Waals surface area contributed by atoms with E-state index in [0.29, 0.717) is 31.7 Å². The van der Waals surface area contributed by atoms with Gasteiger partial charge in [-0.05, 0) is 42.7 Å². The third-order valence-electron chi connectivity index (χ3n) is 4.60. The fraction of sp³-hybridized carbons (Fsp3) is 0.286. The average molecular weight is 349 g/mol. The first-order valence-electron chi connectivity index (χ1n) is 8.87. The summed E-state index contributed by atoms with van der Waals surface area (Å²) in [5.41, 5.74) is 2.77. The Kier molecular flexibility index (Phi) is 5.79. The van der Waals surface area contributed by atoms with Gasteiger partial charge in [0.15, 0.2) is 0 Å². The molecule has 1 aromatic heterocycles. The quantitative estimate of drug-likeness (QED) is 0.801. The van der Waals surface area contributed by atoms with Crippen molar-refractivity contribution in [2.45, 2.75) is 13.3 Å². The van der Waals surface area contributed by atoms with E-state index in [4.69, 9.17) is 0 Å². The predicted molar refractivity (Wildman–Crippen MR) is 102 cm³/mol. The SMILES string of the molecule is Cc1ccccc1/C=C/C(=O)N1CCCN(C(=O)c2cccnc2)CC1. The normalized spacial score (nSPS) is 15.1. The zero-order valence-corrected chi connectivity index (χ0v) is 15.0. The van der Waals surface area contributed by atoms with E-state index >= 15 is 0 Å². The molecule has 1 aliphatic rings. The summed E-state index contributed by atoms with van der Waals surface area (Å²) in [4.78, 5) is 32.7. The molecule has 2 aromatic rings. The number of amides is 2. The molecule has 134 valence electrons. The van der Waals surface area contributed by atoms with E-state index < -0.39 is 0 Å². The summed E-state index contributed by atoms with van der Waals surface area (Å²) < 4.78 is 0. The Morgan fingerprint density at radius 2 is 1.77 bits per heavy atom. The van der Waals surface area contributed by atoms with E-state index in [1.807, 2.05) is 42.2 Å². The van der Waals surface area contributed by atoms with Gasteiger partial charge >= 0.3 is 0 Å². The lowest BCUT2D eigenvalue weighted by Gasteiger charge is -2.21. The van der Waals surface area contributed by atoms with Gasteiger partial charge in [0.2, 0.25) is 5.91 Å². The largest absolute Gasteiger partial charge is 0.337 e. The van der Waals surface area contributed by atoms with Gasteiger partial charge in [0, 0.05) is 44.6 Å². The summed E-state index contributed by atoms with van der Waals surface area (Å²) >= 11 is 0. The Morgan fingerprint density at radius 1 is 1.00 bits per heavy atom. The smallest absolute Gasteiger partial charge is 0.255 e. The summed E-state index contributed by atoms with van der Waals surface area (Å²) in [7, 11) is 0. The molecule has 3 rings (SSSR count). The molecule has 0 N–H and O–H groups in total. The molecule has 1 fully saturated rings. The number of pyridine rings is 1. The highest BCUT2D eigenvalue weighted by Crippen LogP contribution is 2.11. The van der Waals surface area contributed by atoms with Gasteiger partial charge in [-0.2, -0.15) is 0 Å². The standard InChI is InChI=1S/C21H23N3O2/c1-17-6-2-3-7-18(17)9-10-20(25)23-12-5-13-24(15-14-23)21(26)19-8-4-11-22-16-19/h2-4,6-11,16H,5,12-15H2,1H3/b10-9+. The second-order valence-electron chi connectivity index (χ2n) is 6.40. The van der Waals surface area contributed by atoms with Crippen LogP contribution >= 0.6 is 0 Å². The van der Waals surface area contributed by atoms with E-state index in [1.165, 1.54) is 0 Å². The number of hydrogen-bond acceptors (Lipinski definition) is 3. The van der Waals surface area contributed by atoms with E-state index in [0.717, 1.165) is 17.5 Å². The molecule has 0 unspecified atom stereocenters. The molecule has 2 amide bonds. The fourth-order valence-electron chi connectivity index (χ4n) is 3.05. The lowest BCUT2D eigenvalue weighted by molar-refractivity contribution is -0.125. The zero-order valence-electron chi connectivity index (χ0n) is 15.0. The van der Waals surface area contributed by atoms with Gasteiger partial charge in [0.25, 0.3) is 5.91 Å². The van der Waals surface area contributed by atoms with Crippen molar-refractivity contribution in [1.29, 1.82) is 0 Å². The Bertz CT molecular complexity index is 802. The Hall–Kier alpha value is -2.95. The van der Waals surface area contributed by atoms with E-state index in [9.17, 15) is 9.59 Å². The molecule has 26 heavy (non-hydrogen) atoms. The minimum absolute atomic E-state index is 0.0103. The van der Waals surface area contributed by atoms with Gasteiger partial charge in [-0.3, -0.25) is 14.6 Å². The van der Waals surface area contributed by atoms with Crippen molar-refractivity contribution in [2.75, 3.05) is 26.2 Å². The van der Waals surface area contributed by atoms with Crippen molar-refractivity contribution in [2.24, 2.45) is 0 Å². The van der Waals surface area contributed by atoms with Crippen molar-refractivity contribution < 1.29 is 9.59 Å². The molecule has 0 atom stereocenters. The summed E-state index contributed by atoms with van der Waals surface area (Å²) in [6, 6.07) is 11.5. The van der Waals surface area contributed by atoms with Crippen LogP contribution in [0.3, 0.4) is 0 Å². The van der Waals surface area contributed by atoms with Gasteiger partial charge in [-0.15, -0.1) is 0 Å². The van der Waals surface area contributed by atoms with Crippen molar-refractivity contribution >= 4 is 17.9 Å². The molecule has 0 bridgehead atoms. The molecule has 1 aliphatic heterocycles. The highest BCUT2D eigenvalue weighted by Gasteiger charge is 2.21. The topological polar surface area (TPSA) is 53.5 Å². The number of aryl methyl sites for hydroxylation is 1. The summed E-state index contributed by atoms with van der Waals surface area (Å²) in [5, 5.41) is 0. The third kappa shape index (κ3) is 4.36. The number of aromatic nitrogens is 1. The van der Waals surface area contributed by atoms with Gasteiger partial charge in [-0.1, -0.05) is 24.3 Å². The highest BCUT2D eigenvalue weighted by molar-refractivity contribution is 5.94. The summed E-state index contributed by atoms with van der Waals surface area (Å²) in [5.74, 6) is -0.0354. The molecule has 5 heteroatoms. The van der Waals surface area contributed by atoms with Crippen molar-refractivity contribution in [3.63, 3.8) is 0 Å². The fourth-order valence-corrected chi connectivity index (χ4v) is 3.05. The molecule has 1 aromatic carbocycles. The Morgan fingerprint density at radius 3 is 2.54 bits per heavy atom. The van der Waals surface area contributed by atoms with Crippen LogP contribution in [0.4, 0.5) is 0 Å². The van der Waals surface area contributed by atoms with Crippen LogP contribution < -0.4 is 0 Å². The lowest BCUT2D eigenvalue weighted by Crippen LogP contribution is -2.36. The molecule has 2 heterocycles. The molecule has 0 radical (unpaired) electrons. The van der Waals surface area contributed by atoms with E-state index in [2.05, 4.69) is 4.98 Å².